The zero-order valence-corrected chi connectivity index (χ0v) is 10.7. The number of nitrogens with one attached hydrogen (secondary N) is 1. The Hall–Kier alpha value is -1.28. The first kappa shape index (κ1) is 15.7. The van der Waals surface area contributed by atoms with E-state index < -0.39 is 28.8 Å². The van der Waals surface area contributed by atoms with E-state index in [1.807, 2.05) is 5.32 Å². The van der Waals surface area contributed by atoms with E-state index in [9.17, 15) is 14.4 Å². The molecule has 0 unspecified atom stereocenters. The van der Waals surface area contributed by atoms with Gasteiger partial charge in [-0.1, -0.05) is 0 Å². The van der Waals surface area contributed by atoms with Crippen molar-refractivity contribution in [3.63, 3.8) is 0 Å². The Morgan fingerprint density at radius 2 is 2.00 bits per heavy atom. The lowest BCUT2D eigenvalue weighted by atomic mass is 10.1. The molecule has 0 aliphatic heterocycles. The molecule has 98 valence electrons. The number of thioether (sulfide) groups is 1. The van der Waals surface area contributed by atoms with Crippen LogP contribution in [0, 0.1) is 0 Å². The normalized spacial score (nSPS) is 12.7. The van der Waals surface area contributed by atoms with Gasteiger partial charge in [-0.15, -0.1) is 11.8 Å². The molecular weight excluding hydrogens is 248 g/mol. The van der Waals surface area contributed by atoms with Crippen molar-refractivity contribution in [1.82, 2.24) is 5.32 Å². The van der Waals surface area contributed by atoms with Crippen LogP contribution in [-0.4, -0.2) is 46.7 Å². The van der Waals surface area contributed by atoms with E-state index in [0.29, 0.717) is 0 Å². The molecule has 0 aromatic heterocycles. The molecule has 0 bridgehead atoms. The van der Waals surface area contributed by atoms with Crippen molar-refractivity contribution in [2.24, 2.45) is 5.73 Å². The predicted molar refractivity (Wildman–Crippen MR) is 62.7 cm³/mol. The van der Waals surface area contributed by atoms with Gasteiger partial charge in [0, 0.05) is 4.75 Å². The van der Waals surface area contributed by atoms with Crippen molar-refractivity contribution in [2.75, 3.05) is 12.9 Å². The number of methoxy groups -OCH3 is 1. The Morgan fingerprint density at radius 1 is 1.47 bits per heavy atom. The largest absolute Gasteiger partial charge is 0.480 e. The highest BCUT2D eigenvalue weighted by Gasteiger charge is 2.33. The molecule has 0 aromatic carbocycles. The van der Waals surface area contributed by atoms with E-state index >= 15 is 0 Å². The molecule has 0 aromatic rings. The summed E-state index contributed by atoms with van der Waals surface area (Å²) in [5, 5.41) is 10.7. The second-order valence-electron chi connectivity index (χ2n) is 3.75. The molecule has 0 heterocycles. The average Bonchev–Trinajstić information content (AvgIpc) is 2.25. The fourth-order valence-electron chi connectivity index (χ4n) is 0.840. The molecular formula is C9H16N2O5S. The fourth-order valence-corrected chi connectivity index (χ4v) is 1.70. The summed E-state index contributed by atoms with van der Waals surface area (Å²) >= 11 is 1.05. The van der Waals surface area contributed by atoms with Crippen LogP contribution in [0.25, 0.3) is 0 Å². The molecule has 17 heavy (non-hydrogen) atoms. The number of nitrogens with two attached hydrogens (primary N) is 1. The number of alkyl carbamates (subject to hydrolysis) is 1. The lowest BCUT2D eigenvalue weighted by molar-refractivity contribution is -0.139. The minimum atomic E-state index is -1.14. The van der Waals surface area contributed by atoms with E-state index in [1.54, 1.807) is 13.8 Å². The maximum atomic E-state index is 11.2. The van der Waals surface area contributed by atoms with Crippen LogP contribution in [0.5, 0.6) is 0 Å². The van der Waals surface area contributed by atoms with Crippen LogP contribution in [0.1, 0.15) is 13.8 Å². The molecule has 0 aliphatic rings. The third kappa shape index (κ3) is 5.55. The standard InChI is InChI=1S/C9H16N2O5S/c1-9(2,6(10)7(13)14)17-4-5(12)11-8(15)16-3/h6H,4,10H2,1-3H3,(H,13,14)(H,11,12,15)/t6-/m0/s1. The van der Waals surface area contributed by atoms with Crippen LogP contribution in [0.3, 0.4) is 0 Å². The van der Waals surface area contributed by atoms with E-state index in [-0.39, 0.29) is 5.75 Å². The zero-order chi connectivity index (χ0) is 13.6. The molecule has 8 heteroatoms. The van der Waals surface area contributed by atoms with Gasteiger partial charge in [0.05, 0.1) is 12.9 Å². The van der Waals surface area contributed by atoms with Crippen molar-refractivity contribution >= 4 is 29.7 Å². The molecule has 0 spiro atoms. The fraction of sp³-hybridized carbons (Fsp3) is 0.667. The predicted octanol–water partition coefficient (Wildman–Crippen LogP) is -0.207. The summed E-state index contributed by atoms with van der Waals surface area (Å²) in [5.74, 6) is -1.79. The van der Waals surface area contributed by atoms with Gasteiger partial charge < -0.3 is 15.6 Å². The van der Waals surface area contributed by atoms with E-state index in [2.05, 4.69) is 4.74 Å². The summed E-state index contributed by atoms with van der Waals surface area (Å²) in [6.45, 7) is 3.23. The molecule has 0 aliphatic carbocycles. The first-order chi connectivity index (χ1) is 7.70. The number of ether oxygens (including phenoxy) is 1. The number of carboxylic acids is 1. The number of hydrogen-bond donors (Lipinski definition) is 3. The van der Waals surface area contributed by atoms with Crippen LogP contribution in [0.4, 0.5) is 4.79 Å². The van der Waals surface area contributed by atoms with Crippen LogP contribution in [-0.2, 0) is 14.3 Å². The summed E-state index contributed by atoms with van der Waals surface area (Å²) in [4.78, 5) is 32.6. The number of amides is 2. The highest BCUT2D eigenvalue weighted by atomic mass is 32.2. The second-order valence-corrected chi connectivity index (χ2v) is 5.38. The van der Waals surface area contributed by atoms with Crippen LogP contribution in [0.2, 0.25) is 0 Å². The van der Waals surface area contributed by atoms with Gasteiger partial charge in [0.25, 0.3) is 0 Å². The maximum Gasteiger partial charge on any atom is 0.413 e. The summed E-state index contributed by atoms with van der Waals surface area (Å²) in [6.07, 6.45) is -0.851. The molecule has 4 N–H and O–H groups in total. The zero-order valence-electron chi connectivity index (χ0n) is 9.85. The third-order valence-electron chi connectivity index (χ3n) is 2.02. The van der Waals surface area contributed by atoms with Crippen molar-refractivity contribution in [3.05, 3.63) is 0 Å². The number of carbonyl (C=O) groups is 3. The minimum absolute atomic E-state index is 0.0803. The number of imide groups is 1. The van der Waals surface area contributed by atoms with Gasteiger partial charge in [-0.05, 0) is 13.8 Å². The van der Waals surface area contributed by atoms with Crippen LogP contribution < -0.4 is 11.1 Å². The second kappa shape index (κ2) is 6.45. The average molecular weight is 264 g/mol. The van der Waals surface area contributed by atoms with Gasteiger partial charge in [0.1, 0.15) is 6.04 Å². The maximum absolute atomic E-state index is 11.2. The van der Waals surface area contributed by atoms with Gasteiger partial charge in [-0.3, -0.25) is 14.9 Å². The topological polar surface area (TPSA) is 119 Å². The highest BCUT2D eigenvalue weighted by Crippen LogP contribution is 2.27. The number of aliphatic carboxylic acids is 1. The lowest BCUT2D eigenvalue weighted by Gasteiger charge is -2.27. The van der Waals surface area contributed by atoms with Crippen molar-refractivity contribution in [2.45, 2.75) is 24.6 Å². The van der Waals surface area contributed by atoms with Gasteiger partial charge in [0.2, 0.25) is 5.91 Å². The first-order valence-electron chi connectivity index (χ1n) is 4.71. The van der Waals surface area contributed by atoms with Crippen molar-refractivity contribution in [3.8, 4) is 0 Å². The SMILES string of the molecule is COC(=O)NC(=O)CSC(C)(C)[C@@H](N)C(=O)O. The lowest BCUT2D eigenvalue weighted by Crippen LogP contribution is -2.47. The van der Waals surface area contributed by atoms with Crippen molar-refractivity contribution in [1.29, 1.82) is 0 Å². The molecule has 7 nitrogen and oxygen atoms in total. The van der Waals surface area contributed by atoms with Crippen LogP contribution in [0.15, 0.2) is 0 Å². The molecule has 0 rings (SSSR count). The monoisotopic (exact) mass is 264 g/mol. The number of carbonyl (C=O) groups excluding carboxylic acids is 2. The Kier molecular flexibility index (Phi) is 5.97. The minimum Gasteiger partial charge on any atom is -0.480 e. The summed E-state index contributed by atoms with van der Waals surface area (Å²) < 4.78 is 3.42. The summed E-state index contributed by atoms with van der Waals surface area (Å²) in [6, 6.07) is -1.10. The quantitative estimate of drug-likeness (QED) is 0.628. The van der Waals surface area contributed by atoms with E-state index in [1.165, 1.54) is 0 Å². The third-order valence-corrected chi connectivity index (χ3v) is 3.42. The van der Waals surface area contributed by atoms with Gasteiger partial charge in [-0.2, -0.15) is 0 Å². The Labute approximate surface area is 103 Å². The number of carboxylic acid groups (broad SMARTS) is 1. The molecule has 2 amide bonds. The number of rotatable bonds is 5. The highest BCUT2D eigenvalue weighted by molar-refractivity contribution is 8.01. The van der Waals surface area contributed by atoms with Crippen LogP contribution >= 0.6 is 11.8 Å². The van der Waals surface area contributed by atoms with Gasteiger partial charge >= 0.3 is 12.1 Å². The van der Waals surface area contributed by atoms with E-state index in [0.717, 1.165) is 18.9 Å². The molecule has 1 atom stereocenters. The molecule has 0 fully saturated rings. The van der Waals surface area contributed by atoms with E-state index in [4.69, 9.17) is 10.8 Å². The molecule has 0 radical (unpaired) electrons. The summed E-state index contributed by atoms with van der Waals surface area (Å²) in [5.41, 5.74) is 5.46. The van der Waals surface area contributed by atoms with Gasteiger partial charge in [0.15, 0.2) is 0 Å². The number of hydrogen-bond acceptors (Lipinski definition) is 6. The Morgan fingerprint density at radius 3 is 2.41 bits per heavy atom. The molecule has 0 saturated heterocycles. The Bertz CT molecular complexity index is 319. The molecule has 0 saturated carbocycles. The van der Waals surface area contributed by atoms with Crippen molar-refractivity contribution < 1.29 is 24.2 Å². The smallest absolute Gasteiger partial charge is 0.413 e. The summed E-state index contributed by atoms with van der Waals surface area (Å²) in [7, 11) is 1.14. The van der Waals surface area contributed by atoms with Gasteiger partial charge in [-0.25, -0.2) is 4.79 Å². The Balaban J connectivity index is 4.22. The first-order valence-corrected chi connectivity index (χ1v) is 5.69.